The van der Waals surface area contributed by atoms with Crippen molar-refractivity contribution in [1.29, 1.82) is 0 Å². The zero-order chi connectivity index (χ0) is 18.1. The van der Waals surface area contributed by atoms with Crippen LogP contribution >= 0.6 is 0 Å². The van der Waals surface area contributed by atoms with Crippen LogP contribution in [0.25, 0.3) is 11.1 Å². The first kappa shape index (κ1) is 16.4. The second kappa shape index (κ2) is 6.33. The fourth-order valence-electron chi connectivity index (χ4n) is 3.42. The van der Waals surface area contributed by atoms with E-state index in [1.54, 1.807) is 31.8 Å². The summed E-state index contributed by atoms with van der Waals surface area (Å²) in [4.78, 5) is 23.0. The van der Waals surface area contributed by atoms with Crippen LogP contribution in [0.15, 0.2) is 73.3 Å². The van der Waals surface area contributed by atoms with Gasteiger partial charge in [-0.2, -0.15) is 0 Å². The van der Waals surface area contributed by atoms with Gasteiger partial charge in [0.05, 0.1) is 0 Å². The average Bonchev–Trinajstić information content (AvgIpc) is 2.94. The number of amides is 1. The van der Waals surface area contributed by atoms with Gasteiger partial charge in [-0.05, 0) is 46.5 Å². The number of likely N-dealkylation sites (N-methyl/N-ethyl adjacent to an activating group) is 1. The molecule has 0 bridgehead atoms. The molecule has 130 valence electrons. The van der Waals surface area contributed by atoms with Crippen molar-refractivity contribution in [2.45, 2.75) is 11.8 Å². The van der Waals surface area contributed by atoms with Gasteiger partial charge in [0.15, 0.2) is 5.54 Å². The predicted molar refractivity (Wildman–Crippen MR) is 98.6 cm³/mol. The summed E-state index contributed by atoms with van der Waals surface area (Å²) in [5.74, 6) is -0.0977. The van der Waals surface area contributed by atoms with Crippen molar-refractivity contribution in [3.05, 3.63) is 84.4 Å². The zero-order valence-electron chi connectivity index (χ0n) is 14.3. The summed E-state index contributed by atoms with van der Waals surface area (Å²) in [5, 5.41) is 3.29. The van der Waals surface area contributed by atoms with E-state index in [1.807, 2.05) is 48.5 Å². The third-order valence-corrected chi connectivity index (χ3v) is 4.83. The summed E-state index contributed by atoms with van der Waals surface area (Å²) >= 11 is 0. The van der Waals surface area contributed by atoms with E-state index in [2.05, 4.69) is 15.3 Å². The maximum atomic E-state index is 13.2. The van der Waals surface area contributed by atoms with E-state index in [1.165, 1.54) is 4.90 Å². The molecule has 3 N–H and O–H groups in total. The smallest absolute Gasteiger partial charge is 0.254 e. The van der Waals surface area contributed by atoms with Crippen molar-refractivity contribution in [1.82, 2.24) is 20.2 Å². The first-order chi connectivity index (χ1) is 12.6. The Bertz CT molecular complexity index is 931. The fourth-order valence-corrected chi connectivity index (χ4v) is 3.42. The number of pyridine rings is 2. The van der Waals surface area contributed by atoms with Gasteiger partial charge in [0.2, 0.25) is 0 Å². The normalized spacial score (nSPS) is 22.6. The maximum Gasteiger partial charge on any atom is 0.254 e. The molecule has 1 aliphatic rings. The van der Waals surface area contributed by atoms with Crippen molar-refractivity contribution >= 4 is 5.91 Å². The standard InChI is InChI=1S/C20H19N5O/c1-25-18(26)20(24-19(25)21,16-7-10-22-11-8-16)17-6-2-4-14(12-17)15-5-3-9-23-13-15/h2-13,19,24H,21H2,1H3/t19?,20-/m1/s1. The van der Waals surface area contributed by atoms with Gasteiger partial charge in [0.1, 0.15) is 6.29 Å². The molecule has 0 spiro atoms. The molecule has 1 aliphatic heterocycles. The Balaban J connectivity index is 1.91. The molecule has 1 saturated heterocycles. The molecule has 3 aromatic rings. The van der Waals surface area contributed by atoms with E-state index in [4.69, 9.17) is 5.73 Å². The Hall–Kier alpha value is -3.09. The number of carbonyl (C=O) groups is 1. The van der Waals surface area contributed by atoms with Gasteiger partial charge in [0.25, 0.3) is 5.91 Å². The first-order valence-electron chi connectivity index (χ1n) is 8.35. The van der Waals surface area contributed by atoms with Gasteiger partial charge in [0, 0.05) is 31.8 Å². The molecule has 6 nitrogen and oxygen atoms in total. The highest BCUT2D eigenvalue weighted by Gasteiger charge is 2.51. The van der Waals surface area contributed by atoms with E-state index in [0.29, 0.717) is 0 Å². The van der Waals surface area contributed by atoms with Gasteiger partial charge in [-0.25, -0.2) is 0 Å². The summed E-state index contributed by atoms with van der Waals surface area (Å²) in [6.45, 7) is 0. The minimum Gasteiger partial charge on any atom is -0.315 e. The number of hydrogen-bond donors (Lipinski definition) is 2. The SMILES string of the molecule is CN1C(=O)[C@@](c2ccncc2)(c2cccc(-c3cccnc3)c2)NC1N. The van der Waals surface area contributed by atoms with Crippen LogP contribution in [0.4, 0.5) is 0 Å². The van der Waals surface area contributed by atoms with E-state index >= 15 is 0 Å². The van der Waals surface area contributed by atoms with Crippen molar-refractivity contribution < 1.29 is 4.79 Å². The number of nitrogens with zero attached hydrogens (tertiary/aromatic N) is 3. The quantitative estimate of drug-likeness (QED) is 0.755. The lowest BCUT2D eigenvalue weighted by Gasteiger charge is -2.28. The molecule has 3 heterocycles. The molecular formula is C20H19N5O. The lowest BCUT2D eigenvalue weighted by atomic mass is 9.82. The molecule has 4 rings (SSSR count). The van der Waals surface area contributed by atoms with E-state index < -0.39 is 11.8 Å². The Kier molecular flexibility index (Phi) is 3.99. The summed E-state index contributed by atoms with van der Waals surface area (Å²) in [7, 11) is 1.70. The van der Waals surface area contributed by atoms with E-state index in [-0.39, 0.29) is 5.91 Å². The third-order valence-electron chi connectivity index (χ3n) is 4.83. The van der Waals surface area contributed by atoms with Crippen molar-refractivity contribution in [2.75, 3.05) is 7.05 Å². The molecular weight excluding hydrogens is 326 g/mol. The summed E-state index contributed by atoms with van der Waals surface area (Å²) in [6, 6.07) is 15.5. The molecule has 1 amide bonds. The highest BCUT2D eigenvalue weighted by molar-refractivity contribution is 5.94. The minimum absolute atomic E-state index is 0.0977. The van der Waals surface area contributed by atoms with Crippen LogP contribution in [-0.4, -0.2) is 34.1 Å². The van der Waals surface area contributed by atoms with Gasteiger partial charge in [-0.3, -0.25) is 25.8 Å². The number of carbonyl (C=O) groups excluding carboxylic acids is 1. The topological polar surface area (TPSA) is 84.1 Å². The Morgan fingerprint density at radius 2 is 1.77 bits per heavy atom. The van der Waals surface area contributed by atoms with Crippen LogP contribution in [0.3, 0.4) is 0 Å². The van der Waals surface area contributed by atoms with E-state index in [0.717, 1.165) is 22.3 Å². The number of hydrogen-bond acceptors (Lipinski definition) is 5. The highest BCUT2D eigenvalue weighted by Crippen LogP contribution is 2.37. The first-order valence-corrected chi connectivity index (χ1v) is 8.35. The van der Waals surface area contributed by atoms with Gasteiger partial charge < -0.3 is 4.90 Å². The van der Waals surface area contributed by atoms with Crippen LogP contribution in [0, 0.1) is 0 Å². The minimum atomic E-state index is -1.05. The van der Waals surface area contributed by atoms with Crippen molar-refractivity contribution in [3.63, 3.8) is 0 Å². The Labute approximate surface area is 151 Å². The fraction of sp³-hybridized carbons (Fsp3) is 0.150. The zero-order valence-corrected chi connectivity index (χ0v) is 14.3. The van der Waals surface area contributed by atoms with E-state index in [9.17, 15) is 4.79 Å². The van der Waals surface area contributed by atoms with Crippen LogP contribution < -0.4 is 11.1 Å². The predicted octanol–water partition coefficient (Wildman–Crippen LogP) is 1.69. The van der Waals surface area contributed by atoms with Gasteiger partial charge in [-0.15, -0.1) is 0 Å². The number of benzene rings is 1. The van der Waals surface area contributed by atoms with Crippen molar-refractivity contribution in [3.8, 4) is 11.1 Å². The highest BCUT2D eigenvalue weighted by atomic mass is 16.2. The molecule has 1 fully saturated rings. The molecule has 6 heteroatoms. The van der Waals surface area contributed by atoms with Crippen LogP contribution in [0.5, 0.6) is 0 Å². The molecule has 26 heavy (non-hydrogen) atoms. The van der Waals surface area contributed by atoms with Gasteiger partial charge in [-0.1, -0.05) is 24.3 Å². The monoisotopic (exact) mass is 345 g/mol. The lowest BCUT2D eigenvalue weighted by molar-refractivity contribution is -0.131. The number of nitrogens with one attached hydrogen (secondary N) is 1. The number of aromatic nitrogens is 2. The van der Waals surface area contributed by atoms with Crippen LogP contribution in [-0.2, 0) is 10.3 Å². The Morgan fingerprint density at radius 1 is 1.00 bits per heavy atom. The molecule has 0 aliphatic carbocycles. The second-order valence-corrected chi connectivity index (χ2v) is 6.31. The molecule has 0 radical (unpaired) electrons. The molecule has 0 saturated carbocycles. The lowest BCUT2D eigenvalue weighted by Crippen LogP contribution is -2.48. The maximum absolute atomic E-state index is 13.2. The Morgan fingerprint density at radius 3 is 2.42 bits per heavy atom. The summed E-state index contributed by atoms with van der Waals surface area (Å²) < 4.78 is 0. The largest absolute Gasteiger partial charge is 0.315 e. The third kappa shape index (κ3) is 2.47. The molecule has 2 aromatic heterocycles. The van der Waals surface area contributed by atoms with Crippen molar-refractivity contribution in [2.24, 2.45) is 5.73 Å². The molecule has 1 unspecified atom stereocenters. The number of rotatable bonds is 3. The number of nitrogens with two attached hydrogens (primary N) is 1. The average molecular weight is 345 g/mol. The summed E-state index contributed by atoms with van der Waals surface area (Å²) in [6.07, 6.45) is 6.33. The van der Waals surface area contributed by atoms with Gasteiger partial charge >= 0.3 is 0 Å². The van der Waals surface area contributed by atoms with Crippen LogP contribution in [0.2, 0.25) is 0 Å². The summed E-state index contributed by atoms with van der Waals surface area (Å²) in [5.41, 5.74) is 8.70. The second-order valence-electron chi connectivity index (χ2n) is 6.31. The molecule has 2 atom stereocenters. The van der Waals surface area contributed by atoms with Crippen LogP contribution in [0.1, 0.15) is 11.1 Å². The molecule has 1 aromatic carbocycles.